The highest BCUT2D eigenvalue weighted by molar-refractivity contribution is 8.77. The molecule has 1 aromatic carbocycles. The maximum atomic E-state index is 12.0. The van der Waals surface area contributed by atoms with Gasteiger partial charge in [-0.1, -0.05) is 58.3 Å². The number of hydrogen-bond donors (Lipinski definition) is 2. The van der Waals surface area contributed by atoms with E-state index >= 15 is 0 Å². The molecule has 1 aliphatic heterocycles. The Morgan fingerprint density at radius 1 is 1.33 bits per heavy atom. The van der Waals surface area contributed by atoms with Crippen LogP contribution in [0.5, 0.6) is 0 Å². The molecule has 5 heteroatoms. The van der Waals surface area contributed by atoms with E-state index in [1.54, 1.807) is 0 Å². The van der Waals surface area contributed by atoms with Crippen LogP contribution >= 0.6 is 21.6 Å². The molecule has 21 heavy (non-hydrogen) atoms. The molecular formula is C16H23NO2S2. The number of aliphatic hydroxyl groups is 1. The van der Waals surface area contributed by atoms with Crippen molar-refractivity contribution >= 4 is 27.5 Å². The summed E-state index contributed by atoms with van der Waals surface area (Å²) in [6.45, 7) is -0.0638. The normalized spacial score (nSPS) is 19.4. The molecule has 0 aromatic heterocycles. The van der Waals surface area contributed by atoms with Crippen LogP contribution in [-0.4, -0.2) is 28.6 Å². The van der Waals surface area contributed by atoms with E-state index in [-0.39, 0.29) is 18.6 Å². The largest absolute Gasteiger partial charge is 0.394 e. The molecular weight excluding hydrogens is 302 g/mol. The predicted molar refractivity (Wildman–Crippen MR) is 91.3 cm³/mol. The number of unbranched alkanes of at least 4 members (excludes halogenated alkanes) is 1. The minimum atomic E-state index is -0.291. The van der Waals surface area contributed by atoms with Crippen LogP contribution in [0.15, 0.2) is 30.3 Å². The summed E-state index contributed by atoms with van der Waals surface area (Å²) in [4.78, 5) is 12.0. The Morgan fingerprint density at radius 2 is 2.14 bits per heavy atom. The summed E-state index contributed by atoms with van der Waals surface area (Å²) in [6.07, 6.45) is 5.12. The van der Waals surface area contributed by atoms with E-state index in [1.165, 1.54) is 18.6 Å². The molecule has 2 rings (SSSR count). The Labute approximate surface area is 134 Å². The van der Waals surface area contributed by atoms with Gasteiger partial charge in [0.1, 0.15) is 0 Å². The third-order valence-electron chi connectivity index (χ3n) is 3.63. The summed E-state index contributed by atoms with van der Waals surface area (Å²) >= 11 is 0. The van der Waals surface area contributed by atoms with Crippen molar-refractivity contribution in [1.29, 1.82) is 0 Å². The maximum Gasteiger partial charge on any atom is 0.220 e. The monoisotopic (exact) mass is 325 g/mol. The van der Waals surface area contributed by atoms with Crippen molar-refractivity contribution in [3.63, 3.8) is 0 Å². The first-order chi connectivity index (χ1) is 10.3. The lowest BCUT2D eigenvalue weighted by atomic mass is 10.1. The van der Waals surface area contributed by atoms with Gasteiger partial charge in [-0.25, -0.2) is 0 Å². The van der Waals surface area contributed by atoms with Crippen molar-refractivity contribution in [1.82, 2.24) is 5.32 Å². The molecule has 1 heterocycles. The molecule has 116 valence electrons. The van der Waals surface area contributed by atoms with Crippen LogP contribution < -0.4 is 5.32 Å². The number of benzene rings is 1. The van der Waals surface area contributed by atoms with E-state index in [0.717, 1.165) is 23.7 Å². The van der Waals surface area contributed by atoms with Gasteiger partial charge in [-0.2, -0.15) is 0 Å². The standard InChI is InChI=1S/C16H23NO2S2/c18-12-15(13-6-2-1-3-7-13)17-16(19)9-5-4-8-14-10-11-20-21-14/h1-3,6-7,14-15,18H,4-5,8-12H2,(H,17,19)/t14-,15+/m0/s1. The van der Waals surface area contributed by atoms with Crippen LogP contribution in [0, 0.1) is 0 Å². The summed E-state index contributed by atoms with van der Waals surface area (Å²) in [6, 6.07) is 9.33. The predicted octanol–water partition coefficient (Wildman–Crippen LogP) is 3.55. The van der Waals surface area contributed by atoms with Crippen LogP contribution in [0.2, 0.25) is 0 Å². The lowest BCUT2D eigenvalue weighted by Gasteiger charge is -2.16. The number of nitrogens with one attached hydrogen (secondary N) is 1. The highest BCUT2D eigenvalue weighted by atomic mass is 33.1. The number of carbonyl (C=O) groups is 1. The summed E-state index contributed by atoms with van der Waals surface area (Å²) in [5.74, 6) is 1.30. The fourth-order valence-corrected chi connectivity index (χ4v) is 5.44. The van der Waals surface area contributed by atoms with Crippen LogP contribution in [-0.2, 0) is 4.79 Å². The Hall–Kier alpha value is -0.650. The molecule has 2 N–H and O–H groups in total. The second-order valence-corrected chi connectivity index (χ2v) is 8.08. The van der Waals surface area contributed by atoms with Gasteiger partial charge in [0.05, 0.1) is 12.6 Å². The SMILES string of the molecule is O=C(CCCC[C@H]1CCSS1)N[C@H](CO)c1ccccc1. The summed E-state index contributed by atoms with van der Waals surface area (Å²) < 4.78 is 0. The van der Waals surface area contributed by atoms with E-state index in [2.05, 4.69) is 5.32 Å². The van der Waals surface area contributed by atoms with Crippen molar-refractivity contribution in [2.75, 3.05) is 12.4 Å². The van der Waals surface area contributed by atoms with Gasteiger partial charge in [-0.05, 0) is 24.8 Å². The first-order valence-corrected chi connectivity index (χ1v) is 9.91. The third kappa shape index (κ3) is 5.93. The number of carbonyl (C=O) groups excluding carboxylic acids is 1. The van der Waals surface area contributed by atoms with Gasteiger partial charge in [-0.15, -0.1) is 0 Å². The average molecular weight is 325 g/mol. The van der Waals surface area contributed by atoms with Gasteiger partial charge in [-0.3, -0.25) is 4.79 Å². The Morgan fingerprint density at radius 3 is 2.81 bits per heavy atom. The highest BCUT2D eigenvalue weighted by Crippen LogP contribution is 2.39. The molecule has 0 aliphatic carbocycles. The summed E-state index contributed by atoms with van der Waals surface area (Å²) in [7, 11) is 3.96. The van der Waals surface area contributed by atoms with Crippen LogP contribution in [0.4, 0.5) is 0 Å². The quantitative estimate of drug-likeness (QED) is 0.567. The first kappa shape index (κ1) is 16.7. The molecule has 0 radical (unpaired) electrons. The minimum absolute atomic E-state index is 0.0337. The third-order valence-corrected chi connectivity index (χ3v) is 6.63. The number of aliphatic hydroxyl groups excluding tert-OH is 1. The number of hydrogen-bond acceptors (Lipinski definition) is 4. The fourth-order valence-electron chi connectivity index (χ4n) is 2.41. The lowest BCUT2D eigenvalue weighted by Crippen LogP contribution is -2.30. The first-order valence-electron chi connectivity index (χ1n) is 7.53. The van der Waals surface area contributed by atoms with Crippen molar-refractivity contribution in [3.05, 3.63) is 35.9 Å². The van der Waals surface area contributed by atoms with Crippen molar-refractivity contribution in [2.45, 2.75) is 43.4 Å². The summed E-state index contributed by atoms with van der Waals surface area (Å²) in [5, 5.41) is 13.1. The van der Waals surface area contributed by atoms with Crippen LogP contribution in [0.1, 0.15) is 43.7 Å². The van der Waals surface area contributed by atoms with E-state index in [0.29, 0.717) is 6.42 Å². The van der Waals surface area contributed by atoms with Gasteiger partial charge < -0.3 is 10.4 Å². The van der Waals surface area contributed by atoms with E-state index in [1.807, 2.05) is 51.9 Å². The molecule has 1 amide bonds. The topological polar surface area (TPSA) is 49.3 Å². The molecule has 3 nitrogen and oxygen atoms in total. The zero-order valence-electron chi connectivity index (χ0n) is 12.2. The molecule has 0 saturated carbocycles. The zero-order valence-corrected chi connectivity index (χ0v) is 13.8. The molecule has 1 aromatic rings. The summed E-state index contributed by atoms with van der Waals surface area (Å²) in [5.41, 5.74) is 0.952. The van der Waals surface area contributed by atoms with Gasteiger partial charge >= 0.3 is 0 Å². The lowest BCUT2D eigenvalue weighted by molar-refractivity contribution is -0.122. The van der Waals surface area contributed by atoms with Gasteiger partial charge in [0.25, 0.3) is 0 Å². The highest BCUT2D eigenvalue weighted by Gasteiger charge is 2.16. The molecule has 0 bridgehead atoms. The number of rotatable bonds is 8. The van der Waals surface area contributed by atoms with Gasteiger partial charge in [0, 0.05) is 17.4 Å². The van der Waals surface area contributed by atoms with Crippen molar-refractivity contribution < 1.29 is 9.90 Å². The smallest absolute Gasteiger partial charge is 0.220 e. The Bertz CT molecular complexity index is 422. The van der Waals surface area contributed by atoms with Crippen molar-refractivity contribution in [2.24, 2.45) is 0 Å². The average Bonchev–Trinajstić information content (AvgIpc) is 3.03. The Kier molecular flexibility index (Phi) is 7.47. The van der Waals surface area contributed by atoms with Gasteiger partial charge in [0.15, 0.2) is 0 Å². The van der Waals surface area contributed by atoms with E-state index < -0.39 is 0 Å². The molecule has 2 atom stereocenters. The Balaban J connectivity index is 1.65. The van der Waals surface area contributed by atoms with E-state index in [9.17, 15) is 9.90 Å². The molecule has 0 spiro atoms. The zero-order chi connectivity index (χ0) is 14.9. The second kappa shape index (κ2) is 9.38. The molecule has 1 saturated heterocycles. The molecule has 1 aliphatic rings. The fraction of sp³-hybridized carbons (Fsp3) is 0.562. The molecule has 0 unspecified atom stereocenters. The minimum Gasteiger partial charge on any atom is -0.394 e. The van der Waals surface area contributed by atoms with E-state index in [4.69, 9.17) is 0 Å². The van der Waals surface area contributed by atoms with Gasteiger partial charge in [0.2, 0.25) is 5.91 Å². The van der Waals surface area contributed by atoms with Crippen LogP contribution in [0.3, 0.4) is 0 Å². The maximum absolute atomic E-state index is 12.0. The molecule has 1 fully saturated rings. The second-order valence-electron chi connectivity index (χ2n) is 5.29. The van der Waals surface area contributed by atoms with Crippen LogP contribution in [0.25, 0.3) is 0 Å². The van der Waals surface area contributed by atoms with Crippen molar-refractivity contribution in [3.8, 4) is 0 Å². The number of amides is 1.